The number of carbonyl (C=O) groups is 2. The summed E-state index contributed by atoms with van der Waals surface area (Å²) in [4.78, 5) is 22.4. The lowest BCUT2D eigenvalue weighted by Crippen LogP contribution is -2.46. The van der Waals surface area contributed by atoms with E-state index in [1.165, 1.54) is 0 Å². The van der Waals surface area contributed by atoms with Crippen LogP contribution in [0.25, 0.3) is 0 Å². The molecule has 0 unspecified atom stereocenters. The molecule has 7 nitrogen and oxygen atoms in total. The highest BCUT2D eigenvalue weighted by molar-refractivity contribution is 7.89. The number of aryl methyl sites for hydroxylation is 1. The first kappa shape index (κ1) is 20.5. The fourth-order valence-electron chi connectivity index (χ4n) is 2.11. The third-order valence-electron chi connectivity index (χ3n) is 3.55. The number of rotatable bonds is 6. The molecule has 2 aromatic rings. The first-order valence-electron chi connectivity index (χ1n) is 7.86. The molecule has 0 bridgehead atoms. The highest BCUT2D eigenvalue weighted by Gasteiger charge is 2.24. The average Bonchev–Trinajstić information content (AvgIpc) is 2.64. The van der Waals surface area contributed by atoms with Crippen molar-refractivity contribution in [1.29, 1.82) is 0 Å². The predicted octanol–water partition coefficient (Wildman–Crippen LogP) is 1.27. The summed E-state index contributed by atoms with van der Waals surface area (Å²) in [5.41, 5.74) is 5.45. The first-order chi connectivity index (χ1) is 12.7. The maximum Gasteiger partial charge on any atom is 0.269 e. The third-order valence-corrected chi connectivity index (χ3v) is 5.00. The van der Waals surface area contributed by atoms with Gasteiger partial charge in [0.05, 0.1) is 6.54 Å². The van der Waals surface area contributed by atoms with Crippen molar-refractivity contribution in [2.75, 3.05) is 6.54 Å². The molecule has 2 aromatic carbocycles. The first-order valence-corrected chi connectivity index (χ1v) is 9.34. The number of hydrogen-bond donors (Lipinski definition) is 3. The SMILES string of the molecule is CCc1ccc(C(=O)NNC(=O)CNS(=O)(=O)c2c(F)cccc2F)cc1. The van der Waals surface area contributed by atoms with E-state index >= 15 is 0 Å². The molecule has 10 heteroatoms. The van der Waals surface area contributed by atoms with Gasteiger partial charge in [-0.05, 0) is 36.2 Å². The van der Waals surface area contributed by atoms with Gasteiger partial charge in [0, 0.05) is 5.56 Å². The van der Waals surface area contributed by atoms with Gasteiger partial charge in [-0.15, -0.1) is 0 Å². The average molecular weight is 397 g/mol. The lowest BCUT2D eigenvalue weighted by molar-refractivity contribution is -0.120. The van der Waals surface area contributed by atoms with Crippen molar-refractivity contribution < 1.29 is 26.8 Å². The number of halogens is 2. The van der Waals surface area contributed by atoms with Gasteiger partial charge < -0.3 is 0 Å². The monoisotopic (exact) mass is 397 g/mol. The molecular weight excluding hydrogens is 380 g/mol. The van der Waals surface area contributed by atoms with Crippen LogP contribution in [0.1, 0.15) is 22.8 Å². The van der Waals surface area contributed by atoms with Crippen LogP contribution in [0, 0.1) is 11.6 Å². The Hall–Kier alpha value is -2.85. The van der Waals surface area contributed by atoms with Crippen LogP contribution >= 0.6 is 0 Å². The van der Waals surface area contributed by atoms with Crippen LogP contribution in [0.4, 0.5) is 8.78 Å². The molecular formula is C17H17F2N3O4S. The van der Waals surface area contributed by atoms with Gasteiger partial charge in [0.2, 0.25) is 10.0 Å². The second-order valence-electron chi connectivity index (χ2n) is 5.43. The number of hydrazine groups is 1. The maximum absolute atomic E-state index is 13.5. The smallest absolute Gasteiger partial charge is 0.269 e. The Morgan fingerprint density at radius 2 is 1.56 bits per heavy atom. The van der Waals surface area contributed by atoms with Crippen LogP contribution in [0.15, 0.2) is 47.4 Å². The second-order valence-corrected chi connectivity index (χ2v) is 7.13. The second kappa shape index (κ2) is 8.69. The molecule has 0 fully saturated rings. The minimum absolute atomic E-state index is 0.293. The normalized spacial score (nSPS) is 11.1. The predicted molar refractivity (Wildman–Crippen MR) is 93.0 cm³/mol. The molecule has 0 saturated carbocycles. The summed E-state index contributed by atoms with van der Waals surface area (Å²) in [6, 6.07) is 9.23. The van der Waals surface area contributed by atoms with E-state index in [1.54, 1.807) is 29.0 Å². The lowest BCUT2D eigenvalue weighted by atomic mass is 10.1. The minimum Gasteiger partial charge on any atom is -0.272 e. The van der Waals surface area contributed by atoms with Crippen LogP contribution in [0.5, 0.6) is 0 Å². The minimum atomic E-state index is -4.59. The van der Waals surface area contributed by atoms with Crippen LogP contribution in [0.3, 0.4) is 0 Å². The lowest BCUT2D eigenvalue weighted by Gasteiger charge is -2.10. The number of benzene rings is 2. The summed E-state index contributed by atoms with van der Waals surface area (Å²) in [7, 11) is -4.59. The number of amides is 2. The van der Waals surface area contributed by atoms with Crippen molar-refractivity contribution in [2.45, 2.75) is 18.2 Å². The molecule has 144 valence electrons. The van der Waals surface area contributed by atoms with Crippen molar-refractivity contribution in [1.82, 2.24) is 15.6 Å². The van der Waals surface area contributed by atoms with E-state index in [4.69, 9.17) is 0 Å². The Bertz CT molecular complexity index is 927. The largest absolute Gasteiger partial charge is 0.272 e. The summed E-state index contributed by atoms with van der Waals surface area (Å²) >= 11 is 0. The molecule has 0 aromatic heterocycles. The molecule has 0 aliphatic carbocycles. The van der Waals surface area contributed by atoms with Crippen LogP contribution in [-0.4, -0.2) is 26.8 Å². The molecule has 0 saturated heterocycles. The van der Waals surface area contributed by atoms with Crippen molar-refractivity contribution in [3.8, 4) is 0 Å². The van der Waals surface area contributed by atoms with Gasteiger partial charge in [-0.2, -0.15) is 0 Å². The molecule has 2 amide bonds. The van der Waals surface area contributed by atoms with Gasteiger partial charge in [-0.3, -0.25) is 20.4 Å². The van der Waals surface area contributed by atoms with Crippen LogP contribution in [-0.2, 0) is 21.2 Å². The fraction of sp³-hybridized carbons (Fsp3) is 0.176. The van der Waals surface area contributed by atoms with Gasteiger partial charge in [-0.1, -0.05) is 25.1 Å². The molecule has 0 spiro atoms. The van der Waals surface area contributed by atoms with E-state index in [0.717, 1.165) is 30.2 Å². The summed E-state index contributed by atoms with van der Waals surface area (Å²) in [6.45, 7) is 1.13. The standard InChI is InChI=1S/C17H17F2N3O4S/c1-2-11-6-8-12(9-7-11)17(24)22-21-15(23)10-20-27(25,26)16-13(18)4-3-5-14(16)19/h3-9,20H,2,10H2,1H3,(H,21,23)(H,22,24). The van der Waals surface area contributed by atoms with E-state index in [0.29, 0.717) is 5.56 Å². The Morgan fingerprint density at radius 3 is 2.11 bits per heavy atom. The zero-order valence-corrected chi connectivity index (χ0v) is 15.1. The van der Waals surface area contributed by atoms with Gasteiger partial charge in [-0.25, -0.2) is 21.9 Å². The van der Waals surface area contributed by atoms with Gasteiger partial charge >= 0.3 is 0 Å². The Morgan fingerprint density at radius 1 is 0.963 bits per heavy atom. The van der Waals surface area contributed by atoms with E-state index < -0.39 is 44.9 Å². The number of hydrogen-bond acceptors (Lipinski definition) is 4. The third kappa shape index (κ3) is 5.31. The van der Waals surface area contributed by atoms with Gasteiger partial charge in [0.15, 0.2) is 4.90 Å². The number of nitrogens with one attached hydrogen (secondary N) is 3. The fourth-order valence-corrected chi connectivity index (χ4v) is 3.22. The Labute approximate surface area is 154 Å². The Balaban J connectivity index is 1.91. The Kier molecular flexibility index (Phi) is 6.59. The highest BCUT2D eigenvalue weighted by Crippen LogP contribution is 2.17. The molecule has 0 heterocycles. The summed E-state index contributed by atoms with van der Waals surface area (Å²) in [6.07, 6.45) is 0.807. The van der Waals surface area contributed by atoms with Gasteiger partial charge in [0.25, 0.3) is 11.8 Å². The van der Waals surface area contributed by atoms with E-state index in [-0.39, 0.29) is 0 Å². The summed E-state index contributed by atoms with van der Waals surface area (Å²) in [5, 5.41) is 0. The summed E-state index contributed by atoms with van der Waals surface area (Å²) < 4.78 is 52.7. The van der Waals surface area contributed by atoms with Crippen LogP contribution in [0.2, 0.25) is 0 Å². The zero-order valence-electron chi connectivity index (χ0n) is 14.3. The van der Waals surface area contributed by atoms with E-state index in [2.05, 4.69) is 5.43 Å². The van der Waals surface area contributed by atoms with Gasteiger partial charge in [0.1, 0.15) is 11.6 Å². The highest BCUT2D eigenvalue weighted by atomic mass is 32.2. The van der Waals surface area contributed by atoms with Crippen LogP contribution < -0.4 is 15.6 Å². The topological polar surface area (TPSA) is 104 Å². The van der Waals surface area contributed by atoms with E-state index in [9.17, 15) is 26.8 Å². The number of carbonyl (C=O) groups excluding carboxylic acids is 2. The molecule has 0 atom stereocenters. The van der Waals surface area contributed by atoms with Crippen molar-refractivity contribution >= 4 is 21.8 Å². The number of sulfonamides is 1. The maximum atomic E-state index is 13.5. The van der Waals surface area contributed by atoms with Crippen molar-refractivity contribution in [3.05, 3.63) is 65.2 Å². The molecule has 0 radical (unpaired) electrons. The molecule has 0 aliphatic heterocycles. The van der Waals surface area contributed by atoms with Crippen molar-refractivity contribution in [3.63, 3.8) is 0 Å². The zero-order chi connectivity index (χ0) is 20.0. The molecule has 0 aliphatic rings. The quantitative estimate of drug-likeness (QED) is 0.639. The van der Waals surface area contributed by atoms with Crippen molar-refractivity contribution in [2.24, 2.45) is 0 Å². The molecule has 27 heavy (non-hydrogen) atoms. The summed E-state index contributed by atoms with van der Waals surface area (Å²) in [5.74, 6) is -4.10. The molecule has 2 rings (SSSR count). The molecule has 3 N–H and O–H groups in total. The van der Waals surface area contributed by atoms with E-state index in [1.807, 2.05) is 12.3 Å².